The first-order valence-electron chi connectivity index (χ1n) is 9.73. The summed E-state index contributed by atoms with van der Waals surface area (Å²) in [5.41, 5.74) is -0.859. The molecule has 10 heteroatoms. The molecule has 0 radical (unpaired) electrons. The minimum Gasteiger partial charge on any atom is -0.491 e. The highest BCUT2D eigenvalue weighted by Gasteiger charge is 2.34. The number of hydrogen-bond acceptors (Lipinski definition) is 4. The van der Waals surface area contributed by atoms with Gasteiger partial charge in [0.25, 0.3) is 5.91 Å². The standard InChI is InChI=1S/C21H23F3N2O4S/c1-13(2)30-17-8-3-15(19(11-17)21(22,23)24)12-25-20(27)14-4-9-18(10-5-14)31(28,29)26-16-6-7-16/h3-5,8-11,13,16,26H,6-7,12H2,1-2H3,(H,25,27). The minimum absolute atomic E-state index is 0.0241. The molecular formula is C21H23F3N2O4S. The number of hydrogen-bond donors (Lipinski definition) is 2. The lowest BCUT2D eigenvalue weighted by atomic mass is 10.1. The predicted molar refractivity (Wildman–Crippen MR) is 108 cm³/mol. The maximum atomic E-state index is 13.4. The van der Waals surface area contributed by atoms with Gasteiger partial charge in [-0.15, -0.1) is 0 Å². The summed E-state index contributed by atoms with van der Waals surface area (Å²) in [6.45, 7) is 3.07. The molecule has 2 aromatic carbocycles. The molecule has 1 aliphatic carbocycles. The Hall–Kier alpha value is -2.59. The monoisotopic (exact) mass is 456 g/mol. The largest absolute Gasteiger partial charge is 0.491 e. The van der Waals surface area contributed by atoms with Crippen LogP contribution in [0.1, 0.15) is 48.2 Å². The van der Waals surface area contributed by atoms with Gasteiger partial charge in [-0.25, -0.2) is 13.1 Å². The topological polar surface area (TPSA) is 84.5 Å². The molecule has 1 saturated carbocycles. The van der Waals surface area contributed by atoms with Crippen LogP contribution in [-0.2, 0) is 22.7 Å². The Bertz CT molecular complexity index is 1050. The minimum atomic E-state index is -4.61. The van der Waals surface area contributed by atoms with Crippen LogP contribution in [0.3, 0.4) is 0 Å². The molecule has 31 heavy (non-hydrogen) atoms. The molecule has 2 N–H and O–H groups in total. The van der Waals surface area contributed by atoms with E-state index in [1.807, 2.05) is 0 Å². The normalized spacial score (nSPS) is 14.5. The number of halogens is 3. The lowest BCUT2D eigenvalue weighted by Crippen LogP contribution is -2.26. The molecule has 0 atom stereocenters. The first-order valence-corrected chi connectivity index (χ1v) is 11.2. The number of carbonyl (C=O) groups is 1. The Kier molecular flexibility index (Phi) is 6.61. The first kappa shape index (κ1) is 23.1. The van der Waals surface area contributed by atoms with Gasteiger partial charge in [0, 0.05) is 18.2 Å². The molecule has 0 spiro atoms. The van der Waals surface area contributed by atoms with Gasteiger partial charge in [0.15, 0.2) is 0 Å². The van der Waals surface area contributed by atoms with Gasteiger partial charge in [-0.2, -0.15) is 13.2 Å². The van der Waals surface area contributed by atoms with Gasteiger partial charge in [0.2, 0.25) is 10.0 Å². The lowest BCUT2D eigenvalue weighted by Gasteiger charge is -2.17. The Morgan fingerprint density at radius 2 is 1.77 bits per heavy atom. The number of ether oxygens (including phenoxy) is 1. The lowest BCUT2D eigenvalue weighted by molar-refractivity contribution is -0.138. The third-order valence-electron chi connectivity index (χ3n) is 4.52. The highest BCUT2D eigenvalue weighted by Crippen LogP contribution is 2.34. The maximum Gasteiger partial charge on any atom is 0.416 e. The van der Waals surface area contributed by atoms with Crippen LogP contribution >= 0.6 is 0 Å². The zero-order valence-electron chi connectivity index (χ0n) is 17.0. The summed E-state index contributed by atoms with van der Waals surface area (Å²) in [7, 11) is -3.65. The van der Waals surface area contributed by atoms with Crippen LogP contribution in [0, 0.1) is 0 Å². The van der Waals surface area contributed by atoms with E-state index < -0.39 is 27.7 Å². The van der Waals surface area contributed by atoms with E-state index in [-0.39, 0.29) is 40.5 Å². The summed E-state index contributed by atoms with van der Waals surface area (Å²) in [6, 6.07) is 8.77. The second-order valence-corrected chi connectivity index (χ2v) is 9.30. The summed E-state index contributed by atoms with van der Waals surface area (Å²) in [4.78, 5) is 12.4. The number of carbonyl (C=O) groups excluding carboxylic acids is 1. The second-order valence-electron chi connectivity index (χ2n) is 7.59. The maximum absolute atomic E-state index is 13.4. The molecule has 0 bridgehead atoms. The van der Waals surface area contributed by atoms with Crippen molar-refractivity contribution in [3.05, 3.63) is 59.2 Å². The summed E-state index contributed by atoms with van der Waals surface area (Å²) in [5, 5.41) is 2.44. The van der Waals surface area contributed by atoms with Crippen molar-refractivity contribution in [2.24, 2.45) is 0 Å². The fraction of sp³-hybridized carbons (Fsp3) is 0.381. The van der Waals surface area contributed by atoms with Crippen molar-refractivity contribution in [2.45, 2.75) is 56.5 Å². The Labute approximate surface area is 178 Å². The zero-order chi connectivity index (χ0) is 22.8. The van der Waals surface area contributed by atoms with Crippen molar-refractivity contribution in [3.8, 4) is 5.75 Å². The van der Waals surface area contributed by atoms with Crippen molar-refractivity contribution in [1.82, 2.24) is 10.0 Å². The molecule has 0 saturated heterocycles. The van der Waals surface area contributed by atoms with E-state index in [4.69, 9.17) is 4.74 Å². The number of sulfonamides is 1. The summed E-state index contributed by atoms with van der Waals surface area (Å²) in [6.07, 6.45) is -3.30. The fourth-order valence-corrected chi connectivity index (χ4v) is 4.18. The van der Waals surface area contributed by atoms with Crippen molar-refractivity contribution < 1.29 is 31.1 Å². The van der Waals surface area contributed by atoms with Crippen LogP contribution in [0.25, 0.3) is 0 Å². The summed E-state index contributed by atoms with van der Waals surface area (Å²) in [5.74, 6) is -0.524. The van der Waals surface area contributed by atoms with Crippen LogP contribution in [0.2, 0.25) is 0 Å². The van der Waals surface area contributed by atoms with Crippen molar-refractivity contribution in [2.75, 3.05) is 0 Å². The van der Waals surface area contributed by atoms with E-state index in [1.54, 1.807) is 13.8 Å². The van der Waals surface area contributed by atoms with E-state index in [0.717, 1.165) is 18.9 Å². The average molecular weight is 456 g/mol. The molecule has 168 valence electrons. The SMILES string of the molecule is CC(C)Oc1ccc(CNC(=O)c2ccc(S(=O)(=O)NC3CC3)cc2)c(C(F)(F)F)c1. The smallest absolute Gasteiger partial charge is 0.416 e. The quantitative estimate of drug-likeness (QED) is 0.632. The molecule has 1 fully saturated rings. The number of nitrogens with one attached hydrogen (secondary N) is 2. The van der Waals surface area contributed by atoms with E-state index in [0.29, 0.717) is 0 Å². The van der Waals surface area contributed by atoms with Gasteiger partial charge in [0.1, 0.15) is 5.75 Å². The number of alkyl halides is 3. The van der Waals surface area contributed by atoms with Gasteiger partial charge >= 0.3 is 6.18 Å². The highest BCUT2D eigenvalue weighted by molar-refractivity contribution is 7.89. The van der Waals surface area contributed by atoms with Crippen LogP contribution in [0.4, 0.5) is 13.2 Å². The molecule has 0 aromatic heterocycles. The molecule has 0 aliphatic heterocycles. The zero-order valence-corrected chi connectivity index (χ0v) is 17.8. The number of amides is 1. The third kappa shape index (κ3) is 6.20. The molecule has 0 heterocycles. The summed E-state index contributed by atoms with van der Waals surface area (Å²) >= 11 is 0. The van der Waals surface area contributed by atoms with E-state index in [1.165, 1.54) is 36.4 Å². The molecule has 2 aromatic rings. The Balaban J connectivity index is 1.70. The highest BCUT2D eigenvalue weighted by atomic mass is 32.2. The first-order chi connectivity index (χ1) is 14.5. The van der Waals surface area contributed by atoms with Crippen LogP contribution < -0.4 is 14.8 Å². The molecule has 1 amide bonds. The van der Waals surface area contributed by atoms with E-state index in [2.05, 4.69) is 10.0 Å². The molecule has 3 rings (SSSR count). The molecule has 1 aliphatic rings. The molecule has 0 unspecified atom stereocenters. The van der Waals surface area contributed by atoms with E-state index >= 15 is 0 Å². The molecular weight excluding hydrogens is 433 g/mol. The van der Waals surface area contributed by atoms with Gasteiger partial charge in [-0.3, -0.25) is 4.79 Å². The van der Waals surface area contributed by atoms with Gasteiger partial charge < -0.3 is 10.1 Å². The third-order valence-corrected chi connectivity index (χ3v) is 6.06. The Morgan fingerprint density at radius 3 is 2.32 bits per heavy atom. The van der Waals surface area contributed by atoms with Crippen molar-refractivity contribution in [3.63, 3.8) is 0 Å². The van der Waals surface area contributed by atoms with Crippen LogP contribution in [0.15, 0.2) is 47.4 Å². The average Bonchev–Trinajstić information content (AvgIpc) is 3.49. The number of benzene rings is 2. The second kappa shape index (κ2) is 8.88. The molecule has 6 nitrogen and oxygen atoms in total. The Morgan fingerprint density at radius 1 is 1.13 bits per heavy atom. The van der Waals surface area contributed by atoms with Crippen LogP contribution in [-0.4, -0.2) is 26.5 Å². The van der Waals surface area contributed by atoms with Gasteiger partial charge in [0.05, 0.1) is 16.6 Å². The van der Waals surface area contributed by atoms with Crippen molar-refractivity contribution >= 4 is 15.9 Å². The van der Waals surface area contributed by atoms with Gasteiger partial charge in [-0.1, -0.05) is 6.07 Å². The summed E-state index contributed by atoms with van der Waals surface area (Å²) < 4.78 is 72.5. The fourth-order valence-electron chi connectivity index (χ4n) is 2.87. The van der Waals surface area contributed by atoms with E-state index in [9.17, 15) is 26.4 Å². The van der Waals surface area contributed by atoms with Gasteiger partial charge in [-0.05, 0) is 68.7 Å². The van der Waals surface area contributed by atoms with Crippen molar-refractivity contribution in [1.29, 1.82) is 0 Å². The predicted octanol–water partition coefficient (Wildman–Crippen LogP) is 3.86. The van der Waals surface area contributed by atoms with Crippen LogP contribution in [0.5, 0.6) is 5.75 Å². The number of rotatable bonds is 8.